The molecule has 1 fully saturated rings. The second kappa shape index (κ2) is 8.73. The van der Waals surface area contributed by atoms with Gasteiger partial charge in [-0.3, -0.25) is 0 Å². The Morgan fingerprint density at radius 3 is 2.68 bits per heavy atom. The van der Waals surface area contributed by atoms with Crippen molar-refractivity contribution in [2.45, 2.75) is 45.1 Å². The van der Waals surface area contributed by atoms with E-state index in [1.807, 2.05) is 18.5 Å². The number of urea groups is 1. The number of aromatic nitrogens is 3. The highest BCUT2D eigenvalue weighted by atomic mass is 16.2. The van der Waals surface area contributed by atoms with E-state index in [4.69, 9.17) is 0 Å². The number of likely N-dealkylation sites (tertiary alicyclic amines) is 1. The molecule has 0 spiro atoms. The summed E-state index contributed by atoms with van der Waals surface area (Å²) >= 11 is 0. The first-order valence-electron chi connectivity index (χ1n) is 8.27. The lowest BCUT2D eigenvalue weighted by molar-refractivity contribution is 0.235. The molecule has 2 N–H and O–H groups in total. The van der Waals surface area contributed by atoms with E-state index in [0.717, 1.165) is 18.8 Å². The Balaban J connectivity index is 1.60. The number of carbonyl (C=O) groups excluding carboxylic acids is 1. The van der Waals surface area contributed by atoms with Crippen LogP contribution in [0.25, 0.3) is 0 Å². The van der Waals surface area contributed by atoms with Gasteiger partial charge in [0.25, 0.3) is 0 Å². The van der Waals surface area contributed by atoms with Crippen LogP contribution >= 0.6 is 0 Å². The number of rotatable bonds is 6. The third kappa shape index (κ3) is 5.29. The molecule has 7 heteroatoms. The highest BCUT2D eigenvalue weighted by Gasteiger charge is 2.14. The molecule has 2 amide bonds. The van der Waals surface area contributed by atoms with Crippen molar-refractivity contribution >= 4 is 6.03 Å². The normalized spacial score (nSPS) is 17.7. The maximum absolute atomic E-state index is 11.9. The average molecular weight is 308 g/mol. The molecule has 1 aromatic rings. The van der Waals surface area contributed by atoms with Gasteiger partial charge in [-0.2, -0.15) is 0 Å². The molecule has 0 radical (unpaired) electrons. The zero-order valence-electron chi connectivity index (χ0n) is 13.7. The molecule has 0 bridgehead atoms. The van der Waals surface area contributed by atoms with Gasteiger partial charge in [-0.05, 0) is 45.8 Å². The Kier molecular flexibility index (Phi) is 6.64. The van der Waals surface area contributed by atoms with E-state index in [1.54, 1.807) is 6.33 Å². The molecule has 2 rings (SSSR count). The fourth-order valence-corrected chi connectivity index (χ4v) is 2.86. The molecule has 124 valence electrons. The fraction of sp³-hybridized carbons (Fsp3) is 0.800. The minimum Gasteiger partial charge on any atom is -0.338 e. The van der Waals surface area contributed by atoms with E-state index in [1.165, 1.54) is 38.8 Å². The third-order valence-corrected chi connectivity index (χ3v) is 4.12. The first-order valence-corrected chi connectivity index (χ1v) is 8.27. The lowest BCUT2D eigenvalue weighted by Gasteiger charge is -2.19. The number of hydrogen-bond acceptors (Lipinski definition) is 4. The summed E-state index contributed by atoms with van der Waals surface area (Å²) in [5.41, 5.74) is 0. The molecule has 1 aromatic heterocycles. The van der Waals surface area contributed by atoms with Gasteiger partial charge >= 0.3 is 6.03 Å². The summed E-state index contributed by atoms with van der Waals surface area (Å²) in [4.78, 5) is 14.4. The predicted octanol–water partition coefficient (Wildman–Crippen LogP) is 1.44. The minimum absolute atomic E-state index is 0.147. The highest BCUT2D eigenvalue weighted by molar-refractivity contribution is 5.74. The topological polar surface area (TPSA) is 75.1 Å². The van der Waals surface area contributed by atoms with Gasteiger partial charge in [-0.25, -0.2) is 4.79 Å². The molecule has 0 saturated carbocycles. The molecule has 7 nitrogen and oxygen atoms in total. The second-order valence-electron chi connectivity index (χ2n) is 6.03. The van der Waals surface area contributed by atoms with Crippen molar-refractivity contribution in [3.63, 3.8) is 0 Å². The lowest BCUT2D eigenvalue weighted by atomic mass is 10.2. The second-order valence-corrected chi connectivity index (χ2v) is 6.03. The summed E-state index contributed by atoms with van der Waals surface area (Å²) in [6.07, 6.45) is 7.96. The van der Waals surface area contributed by atoms with Crippen LogP contribution in [0.3, 0.4) is 0 Å². The van der Waals surface area contributed by atoms with Crippen molar-refractivity contribution in [3.8, 4) is 0 Å². The summed E-state index contributed by atoms with van der Waals surface area (Å²) in [5.74, 6) is 0.750. The van der Waals surface area contributed by atoms with Crippen molar-refractivity contribution < 1.29 is 4.79 Å². The number of amides is 2. The van der Waals surface area contributed by atoms with Crippen molar-refractivity contribution in [1.29, 1.82) is 0 Å². The summed E-state index contributed by atoms with van der Waals surface area (Å²) < 4.78 is 1.81. The van der Waals surface area contributed by atoms with Crippen molar-refractivity contribution in [1.82, 2.24) is 30.3 Å². The Morgan fingerprint density at radius 1 is 1.32 bits per heavy atom. The maximum Gasteiger partial charge on any atom is 0.315 e. The van der Waals surface area contributed by atoms with Crippen LogP contribution in [0.2, 0.25) is 0 Å². The van der Waals surface area contributed by atoms with Gasteiger partial charge in [0.15, 0.2) is 5.82 Å². The van der Waals surface area contributed by atoms with Crippen LogP contribution in [-0.2, 0) is 7.05 Å². The van der Waals surface area contributed by atoms with Gasteiger partial charge in [-0.15, -0.1) is 10.2 Å². The summed E-state index contributed by atoms with van der Waals surface area (Å²) in [6, 6.07) is -0.301. The van der Waals surface area contributed by atoms with Crippen LogP contribution in [-0.4, -0.2) is 51.9 Å². The van der Waals surface area contributed by atoms with E-state index >= 15 is 0 Å². The summed E-state index contributed by atoms with van der Waals surface area (Å²) in [6.45, 7) is 6.08. The molecule has 1 atom stereocenters. The van der Waals surface area contributed by atoms with Crippen LogP contribution in [0.4, 0.5) is 4.79 Å². The van der Waals surface area contributed by atoms with Crippen LogP contribution in [0.15, 0.2) is 6.33 Å². The van der Waals surface area contributed by atoms with Gasteiger partial charge in [0.05, 0.1) is 6.04 Å². The van der Waals surface area contributed by atoms with E-state index in [9.17, 15) is 4.79 Å². The monoisotopic (exact) mass is 308 g/mol. The van der Waals surface area contributed by atoms with Crippen molar-refractivity contribution in [2.24, 2.45) is 7.05 Å². The first-order chi connectivity index (χ1) is 10.7. The number of hydrogen-bond donors (Lipinski definition) is 2. The zero-order valence-corrected chi connectivity index (χ0v) is 13.7. The molecule has 22 heavy (non-hydrogen) atoms. The highest BCUT2D eigenvalue weighted by Crippen LogP contribution is 2.09. The van der Waals surface area contributed by atoms with Gasteiger partial charge in [0, 0.05) is 13.6 Å². The van der Waals surface area contributed by atoms with E-state index in [0.29, 0.717) is 6.54 Å². The van der Waals surface area contributed by atoms with Crippen LogP contribution in [0.5, 0.6) is 0 Å². The van der Waals surface area contributed by atoms with Crippen molar-refractivity contribution in [3.05, 3.63) is 12.2 Å². The van der Waals surface area contributed by atoms with E-state index < -0.39 is 0 Å². The lowest BCUT2D eigenvalue weighted by Crippen LogP contribution is -2.39. The molecular weight excluding hydrogens is 280 g/mol. The standard InChI is InChI=1S/C15H28N6O/c1-13(14-19-17-12-20(14)2)18-15(22)16-8-7-11-21-9-5-3-4-6-10-21/h12-13H,3-11H2,1-2H3,(H2,16,18,22)/t13-/m0/s1. The quantitative estimate of drug-likeness (QED) is 0.780. The van der Waals surface area contributed by atoms with Gasteiger partial charge in [-0.1, -0.05) is 12.8 Å². The maximum atomic E-state index is 11.9. The third-order valence-electron chi connectivity index (χ3n) is 4.12. The number of nitrogens with one attached hydrogen (secondary N) is 2. The molecule has 2 heterocycles. The molecular formula is C15H28N6O. The summed E-state index contributed by atoms with van der Waals surface area (Å²) in [7, 11) is 1.87. The SMILES string of the molecule is C[C@H](NC(=O)NCCCN1CCCCCC1)c1nncn1C. The van der Waals surface area contributed by atoms with Gasteiger partial charge < -0.3 is 20.1 Å². The Hall–Kier alpha value is -1.63. The molecule has 1 aliphatic rings. The molecule has 1 saturated heterocycles. The van der Waals surface area contributed by atoms with Gasteiger partial charge in [0.1, 0.15) is 6.33 Å². The smallest absolute Gasteiger partial charge is 0.315 e. The van der Waals surface area contributed by atoms with Crippen LogP contribution < -0.4 is 10.6 Å². The van der Waals surface area contributed by atoms with Crippen molar-refractivity contribution in [2.75, 3.05) is 26.2 Å². The van der Waals surface area contributed by atoms with E-state index in [-0.39, 0.29) is 12.1 Å². The number of nitrogens with zero attached hydrogens (tertiary/aromatic N) is 4. The average Bonchev–Trinajstić information content (AvgIpc) is 2.76. The molecule has 1 aliphatic heterocycles. The number of aryl methyl sites for hydroxylation is 1. The van der Waals surface area contributed by atoms with Crippen LogP contribution in [0, 0.1) is 0 Å². The Bertz CT molecular complexity index is 453. The molecule has 0 aliphatic carbocycles. The number of carbonyl (C=O) groups is 1. The molecule has 0 aromatic carbocycles. The Labute approximate surface area is 132 Å². The summed E-state index contributed by atoms with van der Waals surface area (Å²) in [5, 5.41) is 13.6. The fourth-order valence-electron chi connectivity index (χ4n) is 2.86. The molecule has 0 unspecified atom stereocenters. The largest absolute Gasteiger partial charge is 0.338 e. The first kappa shape index (κ1) is 16.7. The van der Waals surface area contributed by atoms with E-state index in [2.05, 4.69) is 25.7 Å². The van der Waals surface area contributed by atoms with Gasteiger partial charge in [0.2, 0.25) is 0 Å². The predicted molar refractivity (Wildman–Crippen MR) is 85.5 cm³/mol. The Morgan fingerprint density at radius 2 is 2.05 bits per heavy atom. The van der Waals surface area contributed by atoms with Crippen LogP contribution in [0.1, 0.15) is 50.9 Å². The zero-order chi connectivity index (χ0) is 15.8. The minimum atomic E-state index is -0.155.